The monoisotopic (exact) mass is 751 g/mol. The van der Waals surface area contributed by atoms with Gasteiger partial charge in [0.25, 0.3) is 0 Å². The van der Waals surface area contributed by atoms with Crippen molar-refractivity contribution in [3.05, 3.63) is 193 Å². The summed E-state index contributed by atoms with van der Waals surface area (Å²) in [5.74, 6) is 0.783. The van der Waals surface area contributed by atoms with Crippen molar-refractivity contribution in [3.63, 3.8) is 0 Å². The average molecular weight is 752 g/mol. The lowest BCUT2D eigenvalue weighted by molar-refractivity contribution is 0.580. The standard InChI is InChI=1S/C52H33NOS2/c1-31-28-34(33-12-7-14-36(29-33)39-19-10-21-43-41-16-3-5-24-47(41)55-51(39)43)26-27-46(31)53-49-32(2)54-50-38(18-9-23-45(49)50)35-13-8-15-37(30-35)40-20-11-22-44-42-17-4-6-25-48(42)56-52(40)44/h3-30H,1H2,2H3. The predicted molar refractivity (Wildman–Crippen MR) is 243 cm³/mol. The molecular formula is C52H33NOS2. The number of aliphatic imine (C=N–C) groups is 1. The van der Waals surface area contributed by atoms with Gasteiger partial charge in [0, 0.05) is 51.3 Å². The Balaban J connectivity index is 0.916. The number of hydrogen-bond donors (Lipinski definition) is 0. The topological polar surface area (TPSA) is 25.5 Å². The summed E-state index contributed by atoms with van der Waals surface area (Å²) in [4.78, 5) is 5.18. The number of benzene rings is 7. The van der Waals surface area contributed by atoms with Crippen molar-refractivity contribution in [1.82, 2.24) is 0 Å². The van der Waals surface area contributed by atoms with Gasteiger partial charge in [-0.1, -0.05) is 134 Å². The number of aryl methyl sites for hydroxylation is 1. The van der Waals surface area contributed by atoms with Crippen LogP contribution in [0.25, 0.3) is 90.3 Å². The van der Waals surface area contributed by atoms with E-state index in [1.165, 1.54) is 62.6 Å². The molecule has 0 fully saturated rings. The predicted octanol–water partition coefficient (Wildman–Crippen LogP) is 15.8. The van der Waals surface area contributed by atoms with E-state index in [0.29, 0.717) is 0 Å². The molecule has 264 valence electrons. The molecule has 11 rings (SSSR count). The van der Waals surface area contributed by atoms with E-state index in [9.17, 15) is 0 Å². The van der Waals surface area contributed by atoms with Gasteiger partial charge in [0.15, 0.2) is 0 Å². The molecular weight excluding hydrogens is 719 g/mol. The molecule has 7 aromatic carbocycles. The molecule has 0 saturated carbocycles. The second kappa shape index (κ2) is 13.0. The van der Waals surface area contributed by atoms with Crippen LogP contribution in [-0.4, -0.2) is 5.71 Å². The molecule has 0 amide bonds. The Morgan fingerprint density at radius 2 is 1.00 bits per heavy atom. The Morgan fingerprint density at radius 1 is 0.500 bits per heavy atom. The fraction of sp³-hybridized carbons (Fsp3) is 0.0192. The summed E-state index contributed by atoms with van der Waals surface area (Å²) >= 11 is 3.72. The molecule has 0 bridgehead atoms. The zero-order chi connectivity index (χ0) is 37.3. The smallest absolute Gasteiger partial charge is 0.144 e. The van der Waals surface area contributed by atoms with Crippen LogP contribution in [0.2, 0.25) is 0 Å². The van der Waals surface area contributed by atoms with Crippen LogP contribution in [-0.2, 0) is 0 Å². The lowest BCUT2D eigenvalue weighted by Gasteiger charge is -2.13. The van der Waals surface area contributed by atoms with E-state index in [1.807, 2.05) is 29.6 Å². The molecule has 1 aliphatic rings. The summed E-state index contributed by atoms with van der Waals surface area (Å²) in [6.45, 7) is 6.46. The molecule has 3 aromatic heterocycles. The summed E-state index contributed by atoms with van der Waals surface area (Å²) in [6.07, 6.45) is 6.37. The molecule has 0 N–H and O–H groups in total. The van der Waals surface area contributed by atoms with Crippen LogP contribution >= 0.6 is 22.7 Å². The van der Waals surface area contributed by atoms with Crippen molar-refractivity contribution in [2.75, 3.05) is 0 Å². The molecule has 0 atom stereocenters. The molecule has 0 aliphatic heterocycles. The largest absolute Gasteiger partial charge is 0.458 e. The van der Waals surface area contributed by atoms with Gasteiger partial charge in [-0.15, -0.1) is 22.7 Å². The minimum atomic E-state index is 0.783. The fourth-order valence-corrected chi connectivity index (χ4v) is 10.7. The molecule has 1 aliphatic carbocycles. The highest BCUT2D eigenvalue weighted by Crippen LogP contribution is 2.44. The number of hydrogen-bond acceptors (Lipinski definition) is 4. The zero-order valence-corrected chi connectivity index (χ0v) is 32.2. The molecule has 0 radical (unpaired) electrons. The quantitative estimate of drug-likeness (QED) is 0.172. The third-order valence-electron chi connectivity index (χ3n) is 11.0. The van der Waals surface area contributed by atoms with Gasteiger partial charge in [-0.3, -0.25) is 0 Å². The van der Waals surface area contributed by atoms with Gasteiger partial charge in [0.2, 0.25) is 0 Å². The third kappa shape index (κ3) is 5.33. The normalized spacial score (nSPS) is 13.9. The number of rotatable bonds is 5. The van der Waals surface area contributed by atoms with Gasteiger partial charge in [-0.05, 0) is 93.9 Å². The van der Waals surface area contributed by atoms with E-state index in [1.54, 1.807) is 0 Å². The van der Waals surface area contributed by atoms with Gasteiger partial charge in [0.05, 0.1) is 5.71 Å². The van der Waals surface area contributed by atoms with Crippen molar-refractivity contribution in [1.29, 1.82) is 0 Å². The highest BCUT2D eigenvalue weighted by molar-refractivity contribution is 7.26. The number of furan rings is 1. The van der Waals surface area contributed by atoms with Crippen LogP contribution in [0.4, 0.5) is 5.69 Å². The SMILES string of the molecule is C=C1C=C(c2cccc(-c3cccc4c3sc3ccccc34)c2)C=CC1=Nc1c(C)oc2c(-c3cccc(-c4cccc5c4sc4ccccc45)c3)cccc12. The molecule has 2 nitrogen and oxygen atoms in total. The van der Waals surface area contributed by atoms with E-state index in [2.05, 4.69) is 176 Å². The van der Waals surface area contributed by atoms with Crippen LogP contribution in [0, 0.1) is 6.92 Å². The second-order valence-corrected chi connectivity index (χ2v) is 16.5. The maximum atomic E-state index is 6.54. The minimum Gasteiger partial charge on any atom is -0.458 e. The fourth-order valence-electron chi connectivity index (χ4n) is 8.25. The Bertz CT molecular complexity index is 3340. The minimum absolute atomic E-state index is 0.783. The van der Waals surface area contributed by atoms with Gasteiger partial charge in [-0.2, -0.15) is 0 Å². The summed E-state index contributed by atoms with van der Waals surface area (Å²) in [6, 6.07) is 54.6. The van der Waals surface area contributed by atoms with Crippen molar-refractivity contribution in [2.45, 2.75) is 6.92 Å². The van der Waals surface area contributed by atoms with Crippen LogP contribution in [0.5, 0.6) is 0 Å². The number of nitrogens with zero attached hydrogens (tertiary/aromatic N) is 1. The highest BCUT2D eigenvalue weighted by Gasteiger charge is 2.19. The van der Waals surface area contributed by atoms with Crippen LogP contribution in [0.1, 0.15) is 11.3 Å². The van der Waals surface area contributed by atoms with E-state index in [0.717, 1.165) is 56.0 Å². The molecule has 4 heteroatoms. The van der Waals surface area contributed by atoms with E-state index in [-0.39, 0.29) is 0 Å². The van der Waals surface area contributed by atoms with E-state index >= 15 is 0 Å². The maximum absolute atomic E-state index is 6.54. The Labute approximate surface area is 332 Å². The van der Waals surface area contributed by atoms with E-state index < -0.39 is 0 Å². The summed E-state index contributed by atoms with van der Waals surface area (Å²) in [5, 5.41) is 6.22. The molecule has 56 heavy (non-hydrogen) atoms. The highest BCUT2D eigenvalue weighted by atomic mass is 32.1. The first-order valence-corrected chi connectivity index (χ1v) is 20.4. The summed E-state index contributed by atoms with van der Waals surface area (Å²) in [7, 11) is 0. The van der Waals surface area contributed by atoms with Gasteiger partial charge in [-0.25, -0.2) is 4.99 Å². The number of thiophene rings is 2. The molecule has 3 heterocycles. The lowest BCUT2D eigenvalue weighted by Crippen LogP contribution is -2.01. The molecule has 0 spiro atoms. The summed E-state index contributed by atoms with van der Waals surface area (Å²) in [5.41, 5.74) is 12.7. The van der Waals surface area contributed by atoms with Crippen molar-refractivity contribution in [2.24, 2.45) is 4.99 Å². The van der Waals surface area contributed by atoms with Gasteiger partial charge < -0.3 is 4.42 Å². The van der Waals surface area contributed by atoms with Gasteiger partial charge >= 0.3 is 0 Å². The molecule has 0 saturated heterocycles. The van der Waals surface area contributed by atoms with Crippen molar-refractivity contribution >= 4 is 91.0 Å². The van der Waals surface area contributed by atoms with Gasteiger partial charge in [0.1, 0.15) is 17.0 Å². The molecule has 0 unspecified atom stereocenters. The zero-order valence-electron chi connectivity index (χ0n) is 30.5. The first-order valence-electron chi connectivity index (χ1n) is 18.8. The first kappa shape index (κ1) is 32.8. The van der Waals surface area contributed by atoms with Crippen molar-refractivity contribution in [3.8, 4) is 33.4 Å². The van der Waals surface area contributed by atoms with Crippen LogP contribution in [0.3, 0.4) is 0 Å². The maximum Gasteiger partial charge on any atom is 0.144 e. The number of para-hydroxylation sites is 1. The average Bonchev–Trinajstić information content (AvgIpc) is 3.92. The molecule has 10 aromatic rings. The lowest BCUT2D eigenvalue weighted by atomic mass is 9.93. The van der Waals surface area contributed by atoms with Crippen LogP contribution < -0.4 is 0 Å². The third-order valence-corrected chi connectivity index (χ3v) is 13.4. The Morgan fingerprint density at radius 3 is 1.62 bits per heavy atom. The number of allylic oxidation sites excluding steroid dienone is 5. The second-order valence-electron chi connectivity index (χ2n) is 14.4. The van der Waals surface area contributed by atoms with Crippen LogP contribution in [0.15, 0.2) is 191 Å². The van der Waals surface area contributed by atoms with E-state index in [4.69, 9.17) is 9.41 Å². The Hall–Kier alpha value is -6.59. The first-order chi connectivity index (χ1) is 27.6. The summed E-state index contributed by atoms with van der Waals surface area (Å²) < 4.78 is 11.8. The van der Waals surface area contributed by atoms with Crippen molar-refractivity contribution < 1.29 is 4.42 Å². The number of fused-ring (bicyclic) bond motifs is 7. The Kier molecular flexibility index (Phi) is 7.63.